The molecule has 1 saturated heterocycles. The molecule has 0 radical (unpaired) electrons. The number of hydrogen-bond acceptors (Lipinski definition) is 4. The lowest BCUT2D eigenvalue weighted by molar-refractivity contribution is -0.122. The highest BCUT2D eigenvalue weighted by Crippen LogP contribution is 2.23. The van der Waals surface area contributed by atoms with Crippen LogP contribution in [0.3, 0.4) is 0 Å². The Morgan fingerprint density at radius 3 is 2.78 bits per heavy atom. The van der Waals surface area contributed by atoms with E-state index < -0.39 is 0 Å². The molecule has 1 fully saturated rings. The molecule has 7 heteroatoms. The number of anilines is 1. The molecule has 1 aromatic heterocycles. The van der Waals surface area contributed by atoms with Crippen molar-refractivity contribution in [1.82, 2.24) is 20.3 Å². The van der Waals surface area contributed by atoms with Crippen LogP contribution in [0.15, 0.2) is 54.7 Å². The molecule has 2 aromatic carbocycles. The van der Waals surface area contributed by atoms with Crippen LogP contribution >= 0.6 is 0 Å². The lowest BCUT2D eigenvalue weighted by atomic mass is 10.0. The van der Waals surface area contributed by atoms with Gasteiger partial charge in [0.15, 0.2) is 0 Å². The topological polar surface area (TPSA) is 88.9 Å². The molecule has 1 atom stereocenters. The van der Waals surface area contributed by atoms with Gasteiger partial charge in [0.25, 0.3) is 5.91 Å². The van der Waals surface area contributed by atoms with Crippen LogP contribution in [0.2, 0.25) is 0 Å². The molecule has 2 heterocycles. The summed E-state index contributed by atoms with van der Waals surface area (Å²) in [5.41, 5.74) is 3.59. The number of nitrogens with zero attached hydrogens (tertiary/aromatic N) is 3. The van der Waals surface area contributed by atoms with E-state index in [4.69, 9.17) is 0 Å². The van der Waals surface area contributed by atoms with E-state index in [1.807, 2.05) is 49.4 Å². The highest BCUT2D eigenvalue weighted by molar-refractivity contribution is 6.05. The molecule has 7 nitrogen and oxygen atoms in total. The van der Waals surface area contributed by atoms with Gasteiger partial charge in [-0.05, 0) is 37.1 Å². The number of carbonyl (C=O) groups excluding carboxylic acids is 2. The van der Waals surface area contributed by atoms with Crippen molar-refractivity contribution >= 4 is 17.5 Å². The standard InChI is InChI=1S/C20H19N5O2/c1-13-7-8-14(11-16(13)19(26)22-15-5-3-2-4-6-15)17-12-25(24-23-17)18-9-10-21-20(18)27/h2-8,11-12,18H,9-10H2,1H3,(H,21,27)(H,22,26). The van der Waals surface area contributed by atoms with Gasteiger partial charge >= 0.3 is 0 Å². The van der Waals surface area contributed by atoms with Crippen molar-refractivity contribution in [3.05, 3.63) is 65.9 Å². The smallest absolute Gasteiger partial charge is 0.255 e. The van der Waals surface area contributed by atoms with E-state index in [0.717, 1.165) is 16.8 Å². The van der Waals surface area contributed by atoms with Gasteiger partial charge in [0.05, 0.1) is 6.20 Å². The maximum atomic E-state index is 12.7. The molecule has 2 N–H and O–H groups in total. The summed E-state index contributed by atoms with van der Waals surface area (Å²) in [5, 5.41) is 14.0. The maximum absolute atomic E-state index is 12.7. The first-order valence-electron chi connectivity index (χ1n) is 8.79. The van der Waals surface area contributed by atoms with E-state index in [9.17, 15) is 9.59 Å². The molecule has 2 amide bonds. The Kier molecular flexibility index (Phi) is 4.42. The molecular weight excluding hydrogens is 342 g/mol. The van der Waals surface area contributed by atoms with Crippen molar-refractivity contribution in [3.8, 4) is 11.3 Å². The van der Waals surface area contributed by atoms with Crippen LogP contribution in [0.1, 0.15) is 28.4 Å². The number of amides is 2. The zero-order chi connectivity index (χ0) is 18.8. The number of carbonyl (C=O) groups is 2. The summed E-state index contributed by atoms with van der Waals surface area (Å²) in [5.74, 6) is -0.221. The van der Waals surface area contributed by atoms with E-state index in [2.05, 4.69) is 20.9 Å². The lowest BCUT2D eigenvalue weighted by Gasteiger charge is -2.09. The number of para-hydroxylation sites is 1. The largest absolute Gasteiger partial charge is 0.354 e. The van der Waals surface area contributed by atoms with Gasteiger partial charge in [-0.15, -0.1) is 5.10 Å². The monoisotopic (exact) mass is 361 g/mol. The van der Waals surface area contributed by atoms with Crippen LogP contribution in [0.5, 0.6) is 0 Å². The van der Waals surface area contributed by atoms with Crippen molar-refractivity contribution in [2.75, 3.05) is 11.9 Å². The molecule has 3 aromatic rings. The van der Waals surface area contributed by atoms with E-state index >= 15 is 0 Å². The van der Waals surface area contributed by atoms with Crippen molar-refractivity contribution in [2.24, 2.45) is 0 Å². The lowest BCUT2D eigenvalue weighted by Crippen LogP contribution is -2.22. The Labute approximate surface area is 156 Å². The number of hydrogen-bond donors (Lipinski definition) is 2. The van der Waals surface area contributed by atoms with Crippen molar-refractivity contribution in [2.45, 2.75) is 19.4 Å². The third kappa shape index (κ3) is 3.44. The molecule has 0 aliphatic carbocycles. The molecule has 0 saturated carbocycles. The number of benzene rings is 2. The van der Waals surface area contributed by atoms with Crippen LogP contribution < -0.4 is 10.6 Å². The first-order chi connectivity index (χ1) is 13.1. The number of nitrogens with one attached hydrogen (secondary N) is 2. The second kappa shape index (κ2) is 7.03. The molecule has 1 aliphatic rings. The Morgan fingerprint density at radius 1 is 1.22 bits per heavy atom. The molecular formula is C20H19N5O2. The SMILES string of the molecule is Cc1ccc(-c2cn(C3CCNC3=O)nn2)cc1C(=O)Nc1ccccc1. The van der Waals surface area contributed by atoms with Gasteiger partial charge in [-0.25, -0.2) is 4.68 Å². The third-order valence-corrected chi connectivity index (χ3v) is 4.66. The number of rotatable bonds is 4. The Hall–Kier alpha value is -3.48. The van der Waals surface area contributed by atoms with Gasteiger partial charge in [0.2, 0.25) is 5.91 Å². The predicted octanol–water partition coefficient (Wildman–Crippen LogP) is 2.57. The van der Waals surface area contributed by atoms with Gasteiger partial charge in [0, 0.05) is 23.4 Å². The normalized spacial score (nSPS) is 16.2. The highest BCUT2D eigenvalue weighted by Gasteiger charge is 2.27. The summed E-state index contributed by atoms with van der Waals surface area (Å²) in [6, 6.07) is 14.6. The summed E-state index contributed by atoms with van der Waals surface area (Å²) >= 11 is 0. The van der Waals surface area contributed by atoms with E-state index in [-0.39, 0.29) is 17.9 Å². The summed E-state index contributed by atoms with van der Waals surface area (Å²) in [6.07, 6.45) is 2.44. The number of aromatic nitrogens is 3. The fraction of sp³-hybridized carbons (Fsp3) is 0.200. The van der Waals surface area contributed by atoms with Crippen molar-refractivity contribution in [1.29, 1.82) is 0 Å². The summed E-state index contributed by atoms with van der Waals surface area (Å²) in [7, 11) is 0. The Morgan fingerprint density at radius 2 is 2.04 bits per heavy atom. The summed E-state index contributed by atoms with van der Waals surface area (Å²) < 4.78 is 1.58. The number of aryl methyl sites for hydroxylation is 1. The minimum atomic E-state index is -0.322. The average molecular weight is 361 g/mol. The quantitative estimate of drug-likeness (QED) is 0.747. The zero-order valence-electron chi connectivity index (χ0n) is 14.8. The first-order valence-corrected chi connectivity index (χ1v) is 8.79. The molecule has 0 bridgehead atoms. The Balaban J connectivity index is 1.60. The van der Waals surface area contributed by atoms with E-state index in [0.29, 0.717) is 24.2 Å². The molecule has 1 unspecified atom stereocenters. The van der Waals surface area contributed by atoms with Crippen molar-refractivity contribution < 1.29 is 9.59 Å². The summed E-state index contributed by atoms with van der Waals surface area (Å²) in [4.78, 5) is 24.5. The maximum Gasteiger partial charge on any atom is 0.255 e. The average Bonchev–Trinajstić information content (AvgIpc) is 3.31. The van der Waals surface area contributed by atoms with Gasteiger partial charge < -0.3 is 10.6 Å². The highest BCUT2D eigenvalue weighted by atomic mass is 16.2. The first kappa shape index (κ1) is 17.0. The second-order valence-electron chi connectivity index (χ2n) is 6.53. The molecule has 136 valence electrons. The zero-order valence-corrected chi connectivity index (χ0v) is 14.8. The fourth-order valence-electron chi connectivity index (χ4n) is 3.14. The van der Waals surface area contributed by atoms with Crippen molar-refractivity contribution in [3.63, 3.8) is 0 Å². The molecule has 4 rings (SSSR count). The van der Waals surface area contributed by atoms with Gasteiger partial charge in [-0.2, -0.15) is 0 Å². The molecule has 0 spiro atoms. The fourth-order valence-corrected chi connectivity index (χ4v) is 3.14. The second-order valence-corrected chi connectivity index (χ2v) is 6.53. The van der Waals surface area contributed by atoms with Gasteiger partial charge in [0.1, 0.15) is 11.7 Å². The minimum Gasteiger partial charge on any atom is -0.354 e. The van der Waals surface area contributed by atoms with E-state index in [1.54, 1.807) is 16.9 Å². The predicted molar refractivity (Wildman–Crippen MR) is 101 cm³/mol. The third-order valence-electron chi connectivity index (χ3n) is 4.66. The molecule has 27 heavy (non-hydrogen) atoms. The van der Waals surface area contributed by atoms with Gasteiger partial charge in [-0.3, -0.25) is 9.59 Å². The van der Waals surface area contributed by atoms with Crippen LogP contribution in [0, 0.1) is 6.92 Å². The van der Waals surface area contributed by atoms with Crippen LogP contribution in [0.4, 0.5) is 5.69 Å². The molecule has 1 aliphatic heterocycles. The van der Waals surface area contributed by atoms with Crippen LogP contribution in [-0.4, -0.2) is 33.4 Å². The van der Waals surface area contributed by atoms with Crippen LogP contribution in [0.25, 0.3) is 11.3 Å². The van der Waals surface area contributed by atoms with Gasteiger partial charge in [-0.1, -0.05) is 35.5 Å². The van der Waals surface area contributed by atoms with E-state index in [1.165, 1.54) is 0 Å². The Bertz CT molecular complexity index is 997. The summed E-state index contributed by atoms with van der Waals surface area (Å²) in [6.45, 7) is 2.54. The van der Waals surface area contributed by atoms with Crippen LogP contribution in [-0.2, 0) is 4.79 Å². The minimum absolute atomic E-state index is 0.0433.